The molecule has 1 aliphatic heterocycles. The van der Waals surface area contributed by atoms with Crippen molar-refractivity contribution in [3.05, 3.63) is 54.0 Å². The van der Waals surface area contributed by atoms with Crippen LogP contribution in [0.25, 0.3) is 0 Å². The van der Waals surface area contributed by atoms with Crippen molar-refractivity contribution in [2.75, 3.05) is 18.0 Å². The molecule has 0 unspecified atom stereocenters. The molecule has 0 saturated carbocycles. The average Bonchev–Trinajstić information content (AvgIpc) is 2.38. The van der Waals surface area contributed by atoms with Crippen molar-refractivity contribution < 1.29 is 13.2 Å². The molecule has 0 N–H and O–H groups in total. The molecule has 0 bridgehead atoms. The third kappa shape index (κ3) is 2.45. The zero-order valence-corrected chi connectivity index (χ0v) is 10.5. The third-order valence-electron chi connectivity index (χ3n) is 3.41. The van der Waals surface area contributed by atoms with Crippen LogP contribution < -0.4 is 4.90 Å². The maximum Gasteiger partial charge on any atom is 0.433 e. The lowest BCUT2D eigenvalue weighted by molar-refractivity contribution is -0.141. The highest BCUT2D eigenvalue weighted by Crippen LogP contribution is 2.33. The van der Waals surface area contributed by atoms with Crippen molar-refractivity contribution in [3.63, 3.8) is 0 Å². The molecule has 0 spiro atoms. The normalized spacial score (nSPS) is 16.1. The van der Waals surface area contributed by atoms with Gasteiger partial charge in [-0.25, -0.2) is 4.98 Å². The molecular formula is C14H12F3N3. The number of nitrogens with zero attached hydrogens (tertiary/aromatic N) is 3. The van der Waals surface area contributed by atoms with E-state index >= 15 is 0 Å². The molecule has 3 heterocycles. The number of anilines is 1. The second-order valence-electron chi connectivity index (χ2n) is 4.76. The second kappa shape index (κ2) is 4.77. The van der Waals surface area contributed by atoms with Crippen LogP contribution in [0.15, 0.2) is 42.7 Å². The third-order valence-corrected chi connectivity index (χ3v) is 3.41. The lowest BCUT2D eigenvalue weighted by Crippen LogP contribution is -2.45. The first kappa shape index (κ1) is 12.9. The summed E-state index contributed by atoms with van der Waals surface area (Å²) in [5.41, 5.74) is 0.311. The van der Waals surface area contributed by atoms with Gasteiger partial charge in [-0.05, 0) is 29.8 Å². The van der Waals surface area contributed by atoms with Gasteiger partial charge >= 0.3 is 6.18 Å². The first-order chi connectivity index (χ1) is 9.54. The molecule has 6 heteroatoms. The van der Waals surface area contributed by atoms with Gasteiger partial charge in [0, 0.05) is 31.4 Å². The van der Waals surface area contributed by atoms with Crippen molar-refractivity contribution in [1.82, 2.24) is 9.97 Å². The van der Waals surface area contributed by atoms with Gasteiger partial charge in [0.15, 0.2) is 0 Å². The van der Waals surface area contributed by atoms with E-state index < -0.39 is 11.9 Å². The van der Waals surface area contributed by atoms with Gasteiger partial charge in [-0.2, -0.15) is 13.2 Å². The Kier molecular flexibility index (Phi) is 3.08. The van der Waals surface area contributed by atoms with Gasteiger partial charge in [0.25, 0.3) is 0 Å². The minimum absolute atomic E-state index is 0.328. The molecule has 2 aromatic rings. The number of alkyl halides is 3. The van der Waals surface area contributed by atoms with E-state index in [-0.39, 0.29) is 0 Å². The van der Waals surface area contributed by atoms with Gasteiger partial charge in [-0.3, -0.25) is 4.98 Å². The summed E-state index contributed by atoms with van der Waals surface area (Å²) in [5, 5.41) is 0. The van der Waals surface area contributed by atoms with Gasteiger partial charge in [-0.1, -0.05) is 6.07 Å². The summed E-state index contributed by atoms with van der Waals surface area (Å²) in [7, 11) is 0. The number of hydrogen-bond donors (Lipinski definition) is 0. The van der Waals surface area contributed by atoms with Crippen molar-refractivity contribution in [3.8, 4) is 0 Å². The Labute approximate surface area is 114 Å². The summed E-state index contributed by atoms with van der Waals surface area (Å²) in [5.74, 6) is 0.708. The number of hydrogen-bond acceptors (Lipinski definition) is 3. The van der Waals surface area contributed by atoms with Gasteiger partial charge in [0.05, 0.1) is 0 Å². The lowest BCUT2D eigenvalue weighted by Gasteiger charge is -2.40. The number of halogens is 3. The standard InChI is InChI=1S/C14H12F3N3/c15-14(16,17)12-2-1-3-13(19-12)20-8-11(9-20)10-4-6-18-7-5-10/h1-7,11H,8-9H2. The first-order valence-electron chi connectivity index (χ1n) is 6.23. The minimum Gasteiger partial charge on any atom is -0.355 e. The molecular weight excluding hydrogens is 267 g/mol. The molecule has 3 rings (SSSR count). The summed E-state index contributed by atoms with van der Waals surface area (Å²) in [6.07, 6.45) is -0.952. The monoisotopic (exact) mass is 279 g/mol. The number of aromatic nitrogens is 2. The summed E-state index contributed by atoms with van der Waals surface area (Å²) in [4.78, 5) is 9.48. The van der Waals surface area contributed by atoms with Crippen LogP contribution in [0.5, 0.6) is 0 Å². The first-order valence-corrected chi connectivity index (χ1v) is 6.23. The molecule has 104 valence electrons. The summed E-state index contributed by atoms with van der Waals surface area (Å²) >= 11 is 0. The van der Waals surface area contributed by atoms with E-state index in [1.807, 2.05) is 17.0 Å². The van der Waals surface area contributed by atoms with Crippen molar-refractivity contribution in [2.24, 2.45) is 0 Å². The van der Waals surface area contributed by atoms with Crippen molar-refractivity contribution >= 4 is 5.82 Å². The van der Waals surface area contributed by atoms with E-state index in [9.17, 15) is 13.2 Å². The molecule has 3 nitrogen and oxygen atoms in total. The summed E-state index contributed by atoms with van der Waals surface area (Å²) in [6.45, 7) is 1.36. The molecule has 0 atom stereocenters. The Hall–Kier alpha value is -2.11. The van der Waals surface area contributed by atoms with Crippen LogP contribution in [-0.4, -0.2) is 23.1 Å². The maximum absolute atomic E-state index is 12.6. The quantitative estimate of drug-likeness (QED) is 0.846. The van der Waals surface area contributed by atoms with Crippen molar-refractivity contribution in [1.29, 1.82) is 0 Å². The van der Waals surface area contributed by atoms with E-state index in [0.717, 1.165) is 11.6 Å². The second-order valence-corrected chi connectivity index (χ2v) is 4.76. The smallest absolute Gasteiger partial charge is 0.355 e. The van der Waals surface area contributed by atoms with Gasteiger partial charge in [0.2, 0.25) is 0 Å². The van der Waals surface area contributed by atoms with Crippen LogP contribution in [0.4, 0.5) is 19.0 Å². The average molecular weight is 279 g/mol. The van der Waals surface area contributed by atoms with Gasteiger partial charge in [0.1, 0.15) is 11.5 Å². The Bertz CT molecular complexity index is 592. The largest absolute Gasteiger partial charge is 0.433 e. The highest BCUT2D eigenvalue weighted by atomic mass is 19.4. The topological polar surface area (TPSA) is 29.0 Å². The highest BCUT2D eigenvalue weighted by molar-refractivity contribution is 5.45. The summed E-state index contributed by atoms with van der Waals surface area (Å²) in [6, 6.07) is 7.86. The van der Waals surface area contributed by atoms with Crippen molar-refractivity contribution in [2.45, 2.75) is 12.1 Å². The van der Waals surface area contributed by atoms with Crippen LogP contribution >= 0.6 is 0 Å². The molecule has 0 amide bonds. The van der Waals surface area contributed by atoms with Crippen LogP contribution in [-0.2, 0) is 6.18 Å². The Morgan fingerprint density at radius 3 is 2.40 bits per heavy atom. The van der Waals surface area contributed by atoms with E-state index in [2.05, 4.69) is 9.97 Å². The molecule has 1 aliphatic rings. The zero-order chi connectivity index (χ0) is 14.2. The Balaban J connectivity index is 1.71. The molecule has 20 heavy (non-hydrogen) atoms. The zero-order valence-electron chi connectivity index (χ0n) is 10.5. The molecule has 1 saturated heterocycles. The molecule has 0 aromatic carbocycles. The SMILES string of the molecule is FC(F)(F)c1cccc(N2CC(c3ccncc3)C2)n1. The predicted octanol–water partition coefficient (Wildman–Crippen LogP) is 3.10. The fraction of sp³-hybridized carbons (Fsp3) is 0.286. The van der Waals surface area contributed by atoms with Gasteiger partial charge < -0.3 is 4.90 Å². The number of pyridine rings is 2. The van der Waals surface area contributed by atoms with Gasteiger partial charge in [-0.15, -0.1) is 0 Å². The highest BCUT2D eigenvalue weighted by Gasteiger charge is 2.34. The summed E-state index contributed by atoms with van der Waals surface area (Å²) < 4.78 is 37.8. The Morgan fingerprint density at radius 1 is 1.05 bits per heavy atom. The van der Waals surface area contributed by atoms with Crippen LogP contribution in [0.3, 0.4) is 0 Å². The molecule has 2 aromatic heterocycles. The van der Waals surface area contributed by atoms with E-state index in [4.69, 9.17) is 0 Å². The fourth-order valence-corrected chi connectivity index (χ4v) is 2.27. The molecule has 1 fully saturated rings. The number of rotatable bonds is 2. The minimum atomic E-state index is -4.40. The van der Waals surface area contributed by atoms with E-state index in [1.165, 1.54) is 6.07 Å². The van der Waals surface area contributed by atoms with Crippen LogP contribution in [0, 0.1) is 0 Å². The molecule has 0 aliphatic carbocycles. The van der Waals surface area contributed by atoms with Crippen LogP contribution in [0.1, 0.15) is 17.2 Å². The maximum atomic E-state index is 12.6. The predicted molar refractivity (Wildman–Crippen MR) is 68.4 cm³/mol. The van der Waals surface area contributed by atoms with E-state index in [1.54, 1.807) is 18.5 Å². The Morgan fingerprint density at radius 2 is 1.75 bits per heavy atom. The van der Waals surface area contributed by atoms with E-state index in [0.29, 0.717) is 24.8 Å². The lowest BCUT2D eigenvalue weighted by atomic mass is 9.92. The van der Waals surface area contributed by atoms with Crippen LogP contribution in [0.2, 0.25) is 0 Å². The molecule has 0 radical (unpaired) electrons. The fourth-order valence-electron chi connectivity index (χ4n) is 2.27.